The fourth-order valence-corrected chi connectivity index (χ4v) is 3.03. The number of benzene rings is 2. The maximum absolute atomic E-state index is 9.46. The number of aryl methyl sites for hydroxylation is 1. The fraction of sp³-hybridized carbons (Fsp3) is 0.133. The van der Waals surface area contributed by atoms with Gasteiger partial charge >= 0.3 is 0 Å². The van der Waals surface area contributed by atoms with Crippen LogP contribution in [0.2, 0.25) is 0 Å². The Kier molecular flexibility index (Phi) is 2.87. The molecule has 1 aromatic heterocycles. The maximum Gasteiger partial charge on any atom is 0.138 e. The average Bonchev–Trinajstić information content (AvgIpc) is 2.84. The number of hydrogen-bond acceptors (Lipinski definition) is 4. The predicted molar refractivity (Wildman–Crippen MR) is 80.5 cm³/mol. The fourth-order valence-electron chi connectivity index (χ4n) is 2.00. The van der Waals surface area contributed by atoms with Crippen LogP contribution in [0.3, 0.4) is 0 Å². The van der Waals surface area contributed by atoms with Crippen molar-refractivity contribution in [2.45, 2.75) is 13.3 Å². The topological polar surface area (TPSA) is 59.1 Å². The standard InChI is InChI=1S/C15H14N2OS/c1-2-9-3-5-12-14(7-9)19-15(17-12)10-4-6-13(18)11(16)8-10/h3-8,18H,2,16H2,1H3. The second-order valence-corrected chi connectivity index (χ2v) is 5.48. The molecule has 2 aromatic carbocycles. The summed E-state index contributed by atoms with van der Waals surface area (Å²) in [7, 11) is 0. The molecular formula is C15H14N2OS. The van der Waals surface area contributed by atoms with Crippen molar-refractivity contribution in [1.82, 2.24) is 4.98 Å². The third-order valence-electron chi connectivity index (χ3n) is 3.14. The number of nitrogen functional groups attached to an aromatic ring is 1. The third-order valence-corrected chi connectivity index (χ3v) is 4.20. The summed E-state index contributed by atoms with van der Waals surface area (Å²) in [5.74, 6) is 0.109. The number of aromatic nitrogens is 1. The number of thiazole rings is 1. The molecule has 0 saturated carbocycles. The zero-order valence-corrected chi connectivity index (χ0v) is 11.4. The molecule has 3 rings (SSSR count). The largest absolute Gasteiger partial charge is 0.506 e. The van der Waals surface area contributed by atoms with E-state index >= 15 is 0 Å². The molecule has 0 bridgehead atoms. The Labute approximate surface area is 115 Å². The lowest BCUT2D eigenvalue weighted by Gasteiger charge is -2.00. The predicted octanol–water partition coefficient (Wildman–Crippen LogP) is 3.81. The summed E-state index contributed by atoms with van der Waals surface area (Å²) < 4.78 is 1.18. The van der Waals surface area contributed by atoms with Crippen LogP contribution in [-0.2, 0) is 6.42 Å². The van der Waals surface area contributed by atoms with E-state index in [0.29, 0.717) is 5.69 Å². The van der Waals surface area contributed by atoms with Crippen LogP contribution < -0.4 is 5.73 Å². The number of phenols is 1. The highest BCUT2D eigenvalue weighted by Gasteiger charge is 2.08. The zero-order valence-electron chi connectivity index (χ0n) is 10.6. The van der Waals surface area contributed by atoms with E-state index in [-0.39, 0.29) is 5.75 Å². The highest BCUT2D eigenvalue weighted by molar-refractivity contribution is 7.21. The second kappa shape index (κ2) is 4.55. The molecule has 3 aromatic rings. The minimum atomic E-state index is 0.109. The lowest BCUT2D eigenvalue weighted by Crippen LogP contribution is -1.86. The molecule has 0 aliphatic rings. The van der Waals surface area contributed by atoms with Gasteiger partial charge in [0.15, 0.2) is 0 Å². The summed E-state index contributed by atoms with van der Waals surface area (Å²) in [6, 6.07) is 11.5. The van der Waals surface area contributed by atoms with Crippen LogP contribution in [0.1, 0.15) is 12.5 Å². The average molecular weight is 270 g/mol. The van der Waals surface area contributed by atoms with Gasteiger partial charge in [-0.2, -0.15) is 0 Å². The van der Waals surface area contributed by atoms with Crippen LogP contribution in [-0.4, -0.2) is 10.1 Å². The van der Waals surface area contributed by atoms with Gasteiger partial charge in [-0.15, -0.1) is 11.3 Å². The van der Waals surface area contributed by atoms with Crippen molar-refractivity contribution in [3.63, 3.8) is 0 Å². The van der Waals surface area contributed by atoms with Gasteiger partial charge in [0.05, 0.1) is 15.9 Å². The van der Waals surface area contributed by atoms with Crippen LogP contribution >= 0.6 is 11.3 Å². The van der Waals surface area contributed by atoms with Crippen molar-refractivity contribution < 1.29 is 5.11 Å². The molecule has 96 valence electrons. The van der Waals surface area contributed by atoms with Gasteiger partial charge in [-0.05, 0) is 42.3 Å². The molecule has 0 amide bonds. The van der Waals surface area contributed by atoms with Crippen LogP contribution in [0.25, 0.3) is 20.8 Å². The Morgan fingerprint density at radius 3 is 2.79 bits per heavy atom. The zero-order chi connectivity index (χ0) is 13.4. The van der Waals surface area contributed by atoms with E-state index in [9.17, 15) is 5.11 Å². The van der Waals surface area contributed by atoms with Crippen molar-refractivity contribution in [1.29, 1.82) is 0 Å². The normalized spacial score (nSPS) is 11.0. The van der Waals surface area contributed by atoms with E-state index < -0.39 is 0 Å². The van der Waals surface area contributed by atoms with Crippen molar-refractivity contribution in [2.75, 3.05) is 5.73 Å². The quantitative estimate of drug-likeness (QED) is 0.550. The highest BCUT2D eigenvalue weighted by Crippen LogP contribution is 2.33. The monoisotopic (exact) mass is 270 g/mol. The maximum atomic E-state index is 9.46. The van der Waals surface area contributed by atoms with Crippen LogP contribution in [0, 0.1) is 0 Å². The van der Waals surface area contributed by atoms with E-state index in [4.69, 9.17) is 5.73 Å². The van der Waals surface area contributed by atoms with E-state index in [1.54, 1.807) is 23.5 Å². The minimum absolute atomic E-state index is 0.109. The molecule has 0 fully saturated rings. The van der Waals surface area contributed by atoms with Gasteiger partial charge in [-0.3, -0.25) is 0 Å². The van der Waals surface area contributed by atoms with Gasteiger partial charge in [0.25, 0.3) is 0 Å². The molecule has 0 aliphatic carbocycles. The third kappa shape index (κ3) is 2.15. The molecule has 19 heavy (non-hydrogen) atoms. The molecular weight excluding hydrogens is 256 g/mol. The van der Waals surface area contributed by atoms with Gasteiger partial charge in [0.1, 0.15) is 10.8 Å². The summed E-state index contributed by atoms with van der Waals surface area (Å²) in [4.78, 5) is 4.61. The summed E-state index contributed by atoms with van der Waals surface area (Å²) >= 11 is 1.65. The number of phenolic OH excluding ortho intramolecular Hbond substituents is 1. The number of rotatable bonds is 2. The minimum Gasteiger partial charge on any atom is -0.506 e. The smallest absolute Gasteiger partial charge is 0.138 e. The van der Waals surface area contributed by atoms with E-state index in [2.05, 4.69) is 30.1 Å². The first-order valence-electron chi connectivity index (χ1n) is 6.15. The number of nitrogens with zero attached hydrogens (tertiary/aromatic N) is 1. The summed E-state index contributed by atoms with van der Waals surface area (Å²) in [5, 5.41) is 10.4. The number of nitrogens with two attached hydrogens (primary N) is 1. The summed E-state index contributed by atoms with van der Waals surface area (Å²) in [5.41, 5.74) is 9.36. The number of fused-ring (bicyclic) bond motifs is 1. The second-order valence-electron chi connectivity index (χ2n) is 4.45. The van der Waals surface area contributed by atoms with Crippen molar-refractivity contribution in [3.8, 4) is 16.3 Å². The Balaban J connectivity index is 2.11. The van der Waals surface area contributed by atoms with E-state index in [1.807, 2.05) is 6.07 Å². The van der Waals surface area contributed by atoms with Gasteiger partial charge in [-0.1, -0.05) is 13.0 Å². The van der Waals surface area contributed by atoms with Crippen molar-refractivity contribution in [2.24, 2.45) is 0 Å². The molecule has 3 nitrogen and oxygen atoms in total. The van der Waals surface area contributed by atoms with Crippen LogP contribution in [0.4, 0.5) is 5.69 Å². The van der Waals surface area contributed by atoms with Crippen molar-refractivity contribution in [3.05, 3.63) is 42.0 Å². The van der Waals surface area contributed by atoms with Crippen LogP contribution in [0.15, 0.2) is 36.4 Å². The molecule has 0 atom stereocenters. The van der Waals surface area contributed by atoms with Gasteiger partial charge in [0.2, 0.25) is 0 Å². The number of aromatic hydroxyl groups is 1. The molecule has 4 heteroatoms. The molecule has 0 aliphatic heterocycles. The number of hydrogen-bond donors (Lipinski definition) is 2. The van der Waals surface area contributed by atoms with E-state index in [1.165, 1.54) is 10.3 Å². The molecule has 3 N–H and O–H groups in total. The van der Waals surface area contributed by atoms with Crippen LogP contribution in [0.5, 0.6) is 5.75 Å². The highest BCUT2D eigenvalue weighted by atomic mass is 32.1. The van der Waals surface area contributed by atoms with Crippen molar-refractivity contribution >= 4 is 27.2 Å². The molecule has 0 spiro atoms. The van der Waals surface area contributed by atoms with Gasteiger partial charge < -0.3 is 10.8 Å². The Morgan fingerprint density at radius 2 is 2.05 bits per heavy atom. The Morgan fingerprint density at radius 1 is 1.21 bits per heavy atom. The first-order valence-corrected chi connectivity index (χ1v) is 6.97. The number of anilines is 1. The first-order chi connectivity index (χ1) is 9.17. The Bertz CT molecular complexity index is 749. The first kappa shape index (κ1) is 12.0. The molecule has 0 radical (unpaired) electrons. The molecule has 0 saturated heterocycles. The van der Waals surface area contributed by atoms with E-state index in [0.717, 1.165) is 22.5 Å². The summed E-state index contributed by atoms with van der Waals surface area (Å²) in [6.07, 6.45) is 1.02. The molecule has 1 heterocycles. The van der Waals surface area contributed by atoms with Gasteiger partial charge in [-0.25, -0.2) is 4.98 Å². The Hall–Kier alpha value is -2.07. The SMILES string of the molecule is CCc1ccc2nc(-c3ccc(O)c(N)c3)sc2c1. The molecule has 0 unspecified atom stereocenters. The lowest BCUT2D eigenvalue weighted by molar-refractivity contribution is 0.478. The lowest BCUT2D eigenvalue weighted by atomic mass is 10.2. The van der Waals surface area contributed by atoms with Gasteiger partial charge in [0, 0.05) is 5.56 Å². The summed E-state index contributed by atoms with van der Waals surface area (Å²) in [6.45, 7) is 2.14.